The molecule has 1 atom stereocenters. The normalized spacial score (nSPS) is 12.5. The standard InChI is InChI=1S/C15H25NO3/c1-12(2)7-8-16-10-13(17)11-19-15-6-4-5-14(9-15)18-3/h4-6,9,12-13,16-17H,7-8,10-11H2,1-3H3. The van der Waals surface area contributed by atoms with Gasteiger partial charge in [-0.25, -0.2) is 0 Å². The van der Waals surface area contributed by atoms with Crippen molar-refractivity contribution in [2.75, 3.05) is 26.8 Å². The molecule has 19 heavy (non-hydrogen) atoms. The minimum absolute atomic E-state index is 0.280. The third kappa shape index (κ3) is 7.03. The summed E-state index contributed by atoms with van der Waals surface area (Å²) in [5.74, 6) is 2.14. The van der Waals surface area contributed by atoms with Gasteiger partial charge in [0.2, 0.25) is 0 Å². The zero-order chi connectivity index (χ0) is 14.1. The zero-order valence-electron chi connectivity index (χ0n) is 12.1. The molecule has 0 spiro atoms. The first-order valence-corrected chi connectivity index (χ1v) is 6.77. The van der Waals surface area contributed by atoms with Gasteiger partial charge in [-0.15, -0.1) is 0 Å². The molecule has 0 radical (unpaired) electrons. The summed E-state index contributed by atoms with van der Waals surface area (Å²) in [5.41, 5.74) is 0. The van der Waals surface area contributed by atoms with E-state index in [0.29, 0.717) is 18.2 Å². The molecule has 0 aliphatic heterocycles. The lowest BCUT2D eigenvalue weighted by Crippen LogP contribution is -2.32. The number of hydrogen-bond donors (Lipinski definition) is 2. The maximum absolute atomic E-state index is 9.78. The Morgan fingerprint density at radius 3 is 2.68 bits per heavy atom. The van der Waals surface area contributed by atoms with Crippen molar-refractivity contribution in [3.05, 3.63) is 24.3 Å². The van der Waals surface area contributed by atoms with Gasteiger partial charge in [0.25, 0.3) is 0 Å². The van der Waals surface area contributed by atoms with E-state index in [1.54, 1.807) is 13.2 Å². The lowest BCUT2D eigenvalue weighted by molar-refractivity contribution is 0.106. The molecule has 0 heterocycles. The number of hydrogen-bond acceptors (Lipinski definition) is 4. The quantitative estimate of drug-likeness (QED) is 0.673. The van der Waals surface area contributed by atoms with Gasteiger partial charge in [-0.05, 0) is 31.0 Å². The van der Waals surface area contributed by atoms with Crippen molar-refractivity contribution in [2.24, 2.45) is 5.92 Å². The maximum atomic E-state index is 9.78. The Labute approximate surface area is 115 Å². The summed E-state index contributed by atoms with van der Waals surface area (Å²) in [6.07, 6.45) is 0.613. The molecule has 1 aromatic carbocycles. The molecule has 0 amide bonds. The van der Waals surface area contributed by atoms with E-state index in [2.05, 4.69) is 19.2 Å². The van der Waals surface area contributed by atoms with Crippen molar-refractivity contribution in [1.29, 1.82) is 0 Å². The van der Waals surface area contributed by atoms with Crippen LogP contribution in [0.3, 0.4) is 0 Å². The van der Waals surface area contributed by atoms with Crippen LogP contribution in [-0.4, -0.2) is 38.0 Å². The van der Waals surface area contributed by atoms with Gasteiger partial charge in [0, 0.05) is 12.6 Å². The lowest BCUT2D eigenvalue weighted by Gasteiger charge is -2.14. The predicted octanol–water partition coefficient (Wildman–Crippen LogP) is 2.07. The van der Waals surface area contributed by atoms with E-state index < -0.39 is 6.10 Å². The van der Waals surface area contributed by atoms with Gasteiger partial charge >= 0.3 is 0 Å². The highest BCUT2D eigenvalue weighted by atomic mass is 16.5. The van der Waals surface area contributed by atoms with E-state index >= 15 is 0 Å². The molecule has 1 unspecified atom stereocenters. The first-order chi connectivity index (χ1) is 9.11. The fourth-order valence-electron chi connectivity index (χ4n) is 1.60. The number of aliphatic hydroxyl groups is 1. The number of benzene rings is 1. The third-order valence-electron chi connectivity index (χ3n) is 2.76. The van der Waals surface area contributed by atoms with Gasteiger partial charge in [0.05, 0.1) is 7.11 Å². The second-order valence-electron chi connectivity index (χ2n) is 5.03. The topological polar surface area (TPSA) is 50.7 Å². The molecule has 108 valence electrons. The van der Waals surface area contributed by atoms with Crippen molar-refractivity contribution in [2.45, 2.75) is 26.4 Å². The van der Waals surface area contributed by atoms with Gasteiger partial charge in [-0.2, -0.15) is 0 Å². The molecule has 0 saturated heterocycles. The van der Waals surface area contributed by atoms with Gasteiger partial charge in [0.15, 0.2) is 0 Å². The summed E-state index contributed by atoms with van der Waals surface area (Å²) >= 11 is 0. The molecule has 2 N–H and O–H groups in total. The average molecular weight is 267 g/mol. The Kier molecular flexibility index (Phi) is 7.30. The average Bonchev–Trinajstić information content (AvgIpc) is 2.41. The number of aliphatic hydroxyl groups excluding tert-OH is 1. The Balaban J connectivity index is 2.20. The van der Waals surface area contributed by atoms with Crippen molar-refractivity contribution >= 4 is 0 Å². The highest BCUT2D eigenvalue weighted by Gasteiger charge is 2.05. The molecule has 4 nitrogen and oxygen atoms in total. The molecule has 0 aliphatic rings. The first kappa shape index (κ1) is 15.8. The van der Waals surface area contributed by atoms with Crippen molar-refractivity contribution in [3.8, 4) is 11.5 Å². The van der Waals surface area contributed by atoms with E-state index in [-0.39, 0.29) is 6.61 Å². The molecule has 0 bridgehead atoms. The van der Waals surface area contributed by atoms with Crippen LogP contribution in [-0.2, 0) is 0 Å². The van der Waals surface area contributed by atoms with E-state index in [1.165, 1.54) is 0 Å². The summed E-state index contributed by atoms with van der Waals surface area (Å²) in [6, 6.07) is 7.37. The van der Waals surface area contributed by atoms with E-state index in [9.17, 15) is 5.11 Å². The van der Waals surface area contributed by atoms with Crippen molar-refractivity contribution in [3.63, 3.8) is 0 Å². The summed E-state index contributed by atoms with van der Waals surface area (Å²) in [4.78, 5) is 0. The molecule has 1 aromatic rings. The highest BCUT2D eigenvalue weighted by molar-refractivity contribution is 5.32. The van der Waals surface area contributed by atoms with E-state index in [1.807, 2.05) is 18.2 Å². The summed E-state index contributed by atoms with van der Waals surface area (Å²) in [7, 11) is 1.62. The molecule has 0 aromatic heterocycles. The number of nitrogens with one attached hydrogen (secondary N) is 1. The van der Waals surface area contributed by atoms with Crippen molar-refractivity contribution < 1.29 is 14.6 Å². The van der Waals surface area contributed by atoms with Crippen LogP contribution in [0.1, 0.15) is 20.3 Å². The van der Waals surface area contributed by atoms with Gasteiger partial charge < -0.3 is 19.9 Å². The van der Waals surface area contributed by atoms with Crippen molar-refractivity contribution in [1.82, 2.24) is 5.32 Å². The Morgan fingerprint density at radius 1 is 1.26 bits per heavy atom. The largest absolute Gasteiger partial charge is 0.497 e. The van der Waals surface area contributed by atoms with Gasteiger partial charge in [-0.1, -0.05) is 19.9 Å². The maximum Gasteiger partial charge on any atom is 0.123 e. The minimum atomic E-state index is -0.502. The first-order valence-electron chi connectivity index (χ1n) is 6.77. The fourth-order valence-corrected chi connectivity index (χ4v) is 1.60. The summed E-state index contributed by atoms with van der Waals surface area (Å²) in [6.45, 7) is 6.13. The molecular formula is C15H25NO3. The molecule has 0 fully saturated rings. The lowest BCUT2D eigenvalue weighted by atomic mass is 10.1. The summed E-state index contributed by atoms with van der Waals surface area (Å²) < 4.78 is 10.6. The van der Waals surface area contributed by atoms with Crippen LogP contribution in [0.4, 0.5) is 0 Å². The smallest absolute Gasteiger partial charge is 0.123 e. The Bertz CT molecular complexity index is 355. The number of rotatable bonds is 9. The van der Waals surface area contributed by atoms with Crippen LogP contribution >= 0.6 is 0 Å². The third-order valence-corrected chi connectivity index (χ3v) is 2.76. The van der Waals surface area contributed by atoms with E-state index in [4.69, 9.17) is 9.47 Å². The van der Waals surface area contributed by atoms with Gasteiger partial charge in [0.1, 0.15) is 24.2 Å². The SMILES string of the molecule is COc1cccc(OCC(O)CNCCC(C)C)c1. The zero-order valence-corrected chi connectivity index (χ0v) is 12.1. The highest BCUT2D eigenvalue weighted by Crippen LogP contribution is 2.18. The molecule has 1 rings (SSSR count). The van der Waals surface area contributed by atoms with Crippen LogP contribution in [0.5, 0.6) is 11.5 Å². The number of ether oxygens (including phenoxy) is 2. The van der Waals surface area contributed by atoms with Crippen LogP contribution in [0.15, 0.2) is 24.3 Å². The molecule has 0 aliphatic carbocycles. The van der Waals surface area contributed by atoms with Gasteiger partial charge in [-0.3, -0.25) is 0 Å². The molecule has 0 saturated carbocycles. The van der Waals surface area contributed by atoms with Crippen LogP contribution in [0.2, 0.25) is 0 Å². The Hall–Kier alpha value is -1.26. The molecular weight excluding hydrogens is 242 g/mol. The minimum Gasteiger partial charge on any atom is -0.497 e. The summed E-state index contributed by atoms with van der Waals surface area (Å²) in [5, 5.41) is 13.0. The fraction of sp³-hybridized carbons (Fsp3) is 0.600. The van der Waals surface area contributed by atoms with Crippen LogP contribution < -0.4 is 14.8 Å². The number of methoxy groups -OCH3 is 1. The second kappa shape index (κ2) is 8.77. The monoisotopic (exact) mass is 267 g/mol. The second-order valence-corrected chi connectivity index (χ2v) is 5.03. The van der Waals surface area contributed by atoms with E-state index in [0.717, 1.165) is 18.7 Å². The molecule has 4 heteroatoms. The van der Waals surface area contributed by atoms with Crippen LogP contribution in [0.25, 0.3) is 0 Å². The Morgan fingerprint density at radius 2 is 2.00 bits per heavy atom. The predicted molar refractivity (Wildman–Crippen MR) is 76.8 cm³/mol. The van der Waals surface area contributed by atoms with Crippen LogP contribution in [0, 0.1) is 5.92 Å².